The third kappa shape index (κ3) is 64.2. The van der Waals surface area contributed by atoms with Crippen LogP contribution in [0.1, 0.15) is 478 Å². The Morgan fingerprint density at radius 1 is 0.364 bits per heavy atom. The fraction of sp³-hybridized carbons (Fsp3) is 0.934. The number of nitrogens with one attached hydrogen (secondary N) is 2. The Morgan fingerprint density at radius 3 is 0.945 bits per heavy atom. The fourth-order valence-corrected chi connectivity index (χ4v) is 16.1. The summed E-state index contributed by atoms with van der Waals surface area (Å²) in [6.07, 6.45) is 62.3. The standard InChI is InChI=1S/C91H173N2O16P/c1-7-13-19-25-31-37-40-45-51-57-63-69-84(97)103-78(66-60-55-49-43-34-28-22-16-10-4)74-82(95)92-72-73-102-91-88(93-83(96)75-79(67-61-54-48-36-30-24-18-12-6)104-85(98)70-64-58-52-46-41-38-32-26-20-14-8-2)89(90(110-109-108-101)81(77-94)106-91)107-87(100)76-80(68-62-56-50-44-35-29-23-17-11-5)105-86(99)71-65-59-53-47-42-39-33-27-21-15-9-3/h78-81,88-91,94,101,110H,7-77H2,1-6H3,(H,92,95)(H,93,96). The number of ether oxygens (including phenoxy) is 6. The van der Waals surface area contributed by atoms with Crippen molar-refractivity contribution in [3.63, 3.8) is 0 Å². The third-order valence-electron chi connectivity index (χ3n) is 22.1. The Kier molecular flexibility index (Phi) is 76.2. The van der Waals surface area contributed by atoms with Crippen LogP contribution in [0.3, 0.4) is 0 Å². The van der Waals surface area contributed by atoms with Gasteiger partial charge in [-0.25, -0.2) is 5.26 Å². The number of hydrogen-bond acceptors (Lipinski definition) is 16. The number of hydrogen-bond donors (Lipinski definition) is 4. The third-order valence-corrected chi connectivity index (χ3v) is 23.3. The minimum atomic E-state index is -1.39. The van der Waals surface area contributed by atoms with E-state index in [4.69, 9.17) is 33.1 Å². The van der Waals surface area contributed by atoms with Crippen molar-refractivity contribution < 1.29 is 77.3 Å². The number of carbonyl (C=O) groups is 6. The van der Waals surface area contributed by atoms with Gasteiger partial charge in [-0.2, -0.15) is 4.67 Å². The summed E-state index contributed by atoms with van der Waals surface area (Å²) in [6, 6.07) is -1.29. The van der Waals surface area contributed by atoms with Crippen LogP contribution in [0.25, 0.3) is 0 Å². The highest BCUT2D eigenvalue weighted by atomic mass is 31.1. The van der Waals surface area contributed by atoms with Crippen LogP contribution in [-0.4, -0.2) is 114 Å². The van der Waals surface area contributed by atoms with E-state index in [1.165, 1.54) is 218 Å². The van der Waals surface area contributed by atoms with E-state index in [2.05, 4.69) is 57.2 Å². The van der Waals surface area contributed by atoms with Crippen LogP contribution in [0, 0.1) is 0 Å². The molecule has 1 saturated heterocycles. The van der Waals surface area contributed by atoms with E-state index in [9.17, 15) is 39.1 Å². The average Bonchev–Trinajstić information content (AvgIpc) is 0.787. The first-order chi connectivity index (χ1) is 53.9. The van der Waals surface area contributed by atoms with Crippen molar-refractivity contribution in [3.8, 4) is 0 Å². The van der Waals surface area contributed by atoms with Crippen LogP contribution < -0.4 is 10.6 Å². The van der Waals surface area contributed by atoms with Crippen molar-refractivity contribution in [2.24, 2.45) is 0 Å². The summed E-state index contributed by atoms with van der Waals surface area (Å²) in [5, 5.41) is 30.9. The van der Waals surface area contributed by atoms with E-state index in [0.29, 0.717) is 38.5 Å². The van der Waals surface area contributed by atoms with Gasteiger partial charge in [-0.05, 0) is 57.8 Å². The van der Waals surface area contributed by atoms with Crippen molar-refractivity contribution in [1.82, 2.24) is 10.6 Å². The highest BCUT2D eigenvalue weighted by Crippen LogP contribution is 2.38. The van der Waals surface area contributed by atoms with Crippen molar-refractivity contribution in [2.75, 3.05) is 19.8 Å². The topological polar surface area (TPSA) is 241 Å². The molecule has 9 unspecified atom stereocenters. The predicted octanol–water partition coefficient (Wildman–Crippen LogP) is 25.0. The minimum absolute atomic E-state index is 0.0153. The second-order valence-electron chi connectivity index (χ2n) is 32.6. The average molecular weight is 1580 g/mol. The second-order valence-corrected chi connectivity index (χ2v) is 33.7. The maximum absolute atomic E-state index is 14.9. The van der Waals surface area contributed by atoms with E-state index in [-0.39, 0.29) is 69.1 Å². The van der Waals surface area contributed by atoms with Gasteiger partial charge in [-0.3, -0.25) is 28.8 Å². The smallest absolute Gasteiger partial charge is 0.309 e. The normalized spacial score (nSPS) is 16.6. The molecule has 0 aromatic heterocycles. The minimum Gasteiger partial charge on any atom is -0.462 e. The lowest BCUT2D eigenvalue weighted by Gasteiger charge is -2.45. The zero-order valence-corrected chi connectivity index (χ0v) is 72.9. The molecule has 0 aromatic carbocycles. The molecule has 1 fully saturated rings. The molecule has 0 aliphatic carbocycles. The van der Waals surface area contributed by atoms with Gasteiger partial charge in [0.05, 0.1) is 53.0 Å². The number of aliphatic hydroxyl groups excluding tert-OH is 1. The van der Waals surface area contributed by atoms with Gasteiger partial charge in [0.1, 0.15) is 30.5 Å². The van der Waals surface area contributed by atoms with Crippen molar-refractivity contribution in [1.29, 1.82) is 0 Å². The number of aliphatic hydroxyl groups is 1. The molecule has 0 radical (unpaired) electrons. The number of unbranched alkanes of at least 4 members (excludes halogenated alkanes) is 53. The maximum atomic E-state index is 14.9. The molecule has 0 spiro atoms. The summed E-state index contributed by atoms with van der Waals surface area (Å²) in [7, 11) is -0.798. The van der Waals surface area contributed by atoms with E-state index in [0.717, 1.165) is 148 Å². The van der Waals surface area contributed by atoms with Gasteiger partial charge < -0.3 is 44.2 Å². The van der Waals surface area contributed by atoms with Crippen LogP contribution in [-0.2, 0) is 66.9 Å². The van der Waals surface area contributed by atoms with E-state index >= 15 is 0 Å². The Balaban J connectivity index is 3.62. The monoisotopic (exact) mass is 1580 g/mol. The largest absolute Gasteiger partial charge is 0.462 e. The second kappa shape index (κ2) is 79.8. The molecule has 18 nitrogen and oxygen atoms in total. The van der Waals surface area contributed by atoms with Gasteiger partial charge in [0.2, 0.25) is 11.8 Å². The van der Waals surface area contributed by atoms with Crippen LogP contribution in [0.15, 0.2) is 0 Å². The summed E-state index contributed by atoms with van der Waals surface area (Å²) in [5.74, 6) is -2.61. The predicted molar refractivity (Wildman–Crippen MR) is 451 cm³/mol. The molecule has 648 valence electrons. The van der Waals surface area contributed by atoms with E-state index in [1.807, 2.05) is 0 Å². The van der Waals surface area contributed by atoms with E-state index < -0.39 is 75.8 Å². The summed E-state index contributed by atoms with van der Waals surface area (Å²) >= 11 is 0. The first-order valence-electron chi connectivity index (χ1n) is 46.8. The molecular weight excluding hydrogens is 1410 g/mol. The van der Waals surface area contributed by atoms with Crippen molar-refractivity contribution in [2.45, 2.75) is 527 Å². The molecule has 1 heterocycles. The van der Waals surface area contributed by atoms with Crippen LogP contribution in [0.5, 0.6) is 0 Å². The highest BCUT2D eigenvalue weighted by molar-refractivity contribution is 7.33. The van der Waals surface area contributed by atoms with Crippen LogP contribution >= 0.6 is 8.81 Å². The lowest BCUT2D eigenvalue weighted by Crippen LogP contribution is -2.65. The molecule has 1 aliphatic heterocycles. The van der Waals surface area contributed by atoms with Gasteiger partial charge in [0.25, 0.3) is 0 Å². The Labute approximate surface area is 675 Å². The highest BCUT2D eigenvalue weighted by Gasteiger charge is 2.50. The summed E-state index contributed by atoms with van der Waals surface area (Å²) < 4.78 is 43.1. The van der Waals surface area contributed by atoms with Gasteiger partial charge in [0, 0.05) is 25.8 Å². The molecule has 0 aromatic rings. The molecule has 0 saturated carbocycles. The van der Waals surface area contributed by atoms with Gasteiger partial charge in [0.15, 0.2) is 6.29 Å². The van der Waals surface area contributed by atoms with Gasteiger partial charge in [-0.1, -0.05) is 387 Å². The summed E-state index contributed by atoms with van der Waals surface area (Å²) in [6.45, 7) is 12.6. The van der Waals surface area contributed by atoms with Crippen LogP contribution in [0.4, 0.5) is 0 Å². The molecule has 110 heavy (non-hydrogen) atoms. The zero-order valence-electron chi connectivity index (χ0n) is 71.9. The van der Waals surface area contributed by atoms with Gasteiger partial charge in [-0.15, -0.1) is 0 Å². The first kappa shape index (κ1) is 105. The number of amides is 2. The Morgan fingerprint density at radius 2 is 0.645 bits per heavy atom. The molecule has 19 heteroatoms. The molecule has 4 N–H and O–H groups in total. The molecule has 1 aliphatic rings. The van der Waals surface area contributed by atoms with Crippen LogP contribution in [0.2, 0.25) is 0 Å². The van der Waals surface area contributed by atoms with E-state index in [1.54, 1.807) is 0 Å². The maximum Gasteiger partial charge on any atom is 0.309 e. The molecule has 1 rings (SSSR count). The fourth-order valence-electron chi connectivity index (χ4n) is 15.2. The molecule has 0 bridgehead atoms. The Bertz CT molecular complexity index is 2090. The number of carbonyl (C=O) groups excluding carboxylic acids is 6. The van der Waals surface area contributed by atoms with Crippen molar-refractivity contribution in [3.05, 3.63) is 0 Å². The Hall–Kier alpha value is -2.99. The molecule has 2 amide bonds. The van der Waals surface area contributed by atoms with Crippen molar-refractivity contribution >= 4 is 44.5 Å². The molecular formula is C91H173N2O16P. The zero-order chi connectivity index (χ0) is 80.1. The lowest BCUT2D eigenvalue weighted by molar-refractivity contribution is -0.435. The molecule has 9 atom stereocenters. The van der Waals surface area contributed by atoms with Gasteiger partial charge >= 0.3 is 23.9 Å². The number of rotatable bonds is 84. The number of esters is 4. The SMILES string of the molecule is CCCCCCCCCCCCCC(=O)OC(CCCCCCCCCCC)CC(=O)NCCOC1OC(CO)C(POOO)C(OC(=O)CC(CCCCCCCCCCC)OC(=O)CCCCCCCCCCCCC)C1NC(=O)CC(CCCCCCCCCC)OC(=O)CCCCCCCCCCCCC. The summed E-state index contributed by atoms with van der Waals surface area (Å²) in [4.78, 5) is 84.5. The lowest BCUT2D eigenvalue weighted by atomic mass is 9.98. The quantitative estimate of drug-likeness (QED) is 0.0111. The summed E-state index contributed by atoms with van der Waals surface area (Å²) in [5.41, 5.74) is -1.04. The first-order valence-corrected chi connectivity index (χ1v) is 47.8.